The molecule has 28 heavy (non-hydrogen) atoms. The zero-order valence-corrected chi connectivity index (χ0v) is 19.3. The molecule has 2 rings (SSSR count). The molecule has 0 radical (unpaired) electrons. The second kappa shape index (κ2) is 10.9. The second-order valence-electron chi connectivity index (χ2n) is 7.50. The summed E-state index contributed by atoms with van der Waals surface area (Å²) in [6, 6.07) is 11.0. The van der Waals surface area contributed by atoms with Crippen molar-refractivity contribution >= 4 is 21.6 Å². The fraction of sp³-hybridized carbons (Fsp3) is 0.458. The molecule has 0 aromatic heterocycles. The van der Waals surface area contributed by atoms with Crippen LogP contribution >= 0.6 is 15.9 Å². The van der Waals surface area contributed by atoms with Crippen molar-refractivity contribution in [1.29, 1.82) is 0 Å². The maximum atomic E-state index is 6.05. The van der Waals surface area contributed by atoms with Gasteiger partial charge in [0.1, 0.15) is 5.66 Å². The highest BCUT2D eigenvalue weighted by Crippen LogP contribution is 2.40. The molecule has 0 saturated heterocycles. The second-order valence-corrected chi connectivity index (χ2v) is 8.02. The number of hydrogen-bond donors (Lipinski definition) is 0. The van der Waals surface area contributed by atoms with E-state index in [4.69, 9.17) is 9.73 Å². The summed E-state index contributed by atoms with van der Waals surface area (Å²) in [5.41, 5.74) is 3.01. The van der Waals surface area contributed by atoms with Gasteiger partial charge in [0.25, 0.3) is 0 Å². The molecular weight excluding hydrogens is 412 g/mol. The van der Waals surface area contributed by atoms with E-state index in [0.29, 0.717) is 0 Å². The van der Waals surface area contributed by atoms with Crippen LogP contribution in [0.3, 0.4) is 0 Å². The van der Waals surface area contributed by atoms with Crippen molar-refractivity contribution in [1.82, 2.24) is 4.90 Å². The molecule has 1 heterocycles. The number of aliphatic imine (C=N–C) groups is 1. The lowest BCUT2D eigenvalue weighted by Crippen LogP contribution is -2.48. The first-order chi connectivity index (χ1) is 13.5. The van der Waals surface area contributed by atoms with E-state index in [0.717, 1.165) is 17.7 Å². The highest BCUT2D eigenvalue weighted by molar-refractivity contribution is 9.11. The van der Waals surface area contributed by atoms with Crippen molar-refractivity contribution in [3.05, 3.63) is 70.8 Å². The number of halogens is 1. The molecule has 1 aliphatic heterocycles. The Labute approximate surface area is 179 Å². The molecule has 0 N–H and O–H groups in total. The third-order valence-corrected chi connectivity index (χ3v) is 5.38. The number of unbranched alkanes of at least 4 members (excludes halogenated alkanes) is 1. The first-order valence-electron chi connectivity index (χ1n) is 10.1. The van der Waals surface area contributed by atoms with Crippen LogP contribution in [0.5, 0.6) is 0 Å². The number of methoxy groups -OCH3 is 1. The van der Waals surface area contributed by atoms with Crippen LogP contribution in [0.15, 0.2) is 70.2 Å². The Morgan fingerprint density at radius 1 is 1.32 bits per heavy atom. The average Bonchev–Trinajstić information content (AvgIpc) is 2.97. The normalized spacial score (nSPS) is 21.6. The van der Waals surface area contributed by atoms with E-state index in [2.05, 4.69) is 84.1 Å². The molecule has 2 unspecified atom stereocenters. The Bertz CT molecular complexity index is 734. The molecule has 0 aliphatic carbocycles. The van der Waals surface area contributed by atoms with Crippen LogP contribution in [0.1, 0.15) is 58.6 Å². The molecule has 0 amide bonds. The summed E-state index contributed by atoms with van der Waals surface area (Å²) in [4.78, 5) is 9.41. The van der Waals surface area contributed by atoms with Gasteiger partial charge in [-0.25, -0.2) is 4.90 Å². The third-order valence-electron chi connectivity index (χ3n) is 5.08. The largest absolute Gasteiger partial charge is 0.360 e. The summed E-state index contributed by atoms with van der Waals surface area (Å²) in [6.07, 6.45) is 11.4. The standard InChI is InChI=1S/C24H33BrN2O/c1-6-8-17-21(19-14-10-9-11-15-19)27-23(28-5)22(26-24(27,3)4)20(13-7-2)16-12-18-25/h7,9-16,18,21,23H,6,8,17H2,1-5H3/b13-7-,18-12+,20-16+. The van der Waals surface area contributed by atoms with E-state index in [1.54, 1.807) is 7.11 Å². The predicted octanol–water partition coefficient (Wildman–Crippen LogP) is 6.79. The molecule has 3 nitrogen and oxygen atoms in total. The van der Waals surface area contributed by atoms with Gasteiger partial charge >= 0.3 is 0 Å². The van der Waals surface area contributed by atoms with Gasteiger partial charge in [-0.2, -0.15) is 0 Å². The van der Waals surface area contributed by atoms with Crippen molar-refractivity contribution in [2.24, 2.45) is 4.99 Å². The third kappa shape index (κ3) is 5.31. The van der Waals surface area contributed by atoms with Crippen LogP contribution in [0.25, 0.3) is 0 Å². The molecule has 1 aromatic rings. The highest BCUT2D eigenvalue weighted by Gasteiger charge is 2.46. The topological polar surface area (TPSA) is 24.8 Å². The van der Waals surface area contributed by atoms with Gasteiger partial charge in [0.15, 0.2) is 6.23 Å². The minimum atomic E-state index is -0.358. The smallest absolute Gasteiger partial charge is 0.156 e. The van der Waals surface area contributed by atoms with Gasteiger partial charge in [0.2, 0.25) is 0 Å². The minimum Gasteiger partial charge on any atom is -0.360 e. The molecule has 1 aromatic carbocycles. The van der Waals surface area contributed by atoms with E-state index in [1.807, 2.05) is 24.1 Å². The van der Waals surface area contributed by atoms with Crippen LogP contribution in [-0.2, 0) is 4.74 Å². The maximum Gasteiger partial charge on any atom is 0.156 e. The quantitative estimate of drug-likeness (QED) is 0.391. The van der Waals surface area contributed by atoms with Gasteiger partial charge < -0.3 is 4.74 Å². The number of rotatable bonds is 9. The van der Waals surface area contributed by atoms with Gasteiger partial charge in [-0.3, -0.25) is 4.99 Å². The summed E-state index contributed by atoms with van der Waals surface area (Å²) >= 11 is 3.36. The van der Waals surface area contributed by atoms with E-state index >= 15 is 0 Å². The number of allylic oxidation sites excluding steroid dienone is 4. The molecule has 0 saturated carbocycles. The molecule has 0 bridgehead atoms. The first-order valence-corrected chi connectivity index (χ1v) is 11.0. The van der Waals surface area contributed by atoms with E-state index in [1.165, 1.54) is 18.4 Å². The zero-order valence-electron chi connectivity index (χ0n) is 17.7. The Hall–Kier alpha value is -1.49. The molecule has 1 aliphatic rings. The number of hydrogen-bond acceptors (Lipinski definition) is 3. The van der Waals surface area contributed by atoms with Crippen LogP contribution in [0.2, 0.25) is 0 Å². The summed E-state index contributed by atoms with van der Waals surface area (Å²) in [5.74, 6) is 0. The van der Waals surface area contributed by atoms with Gasteiger partial charge in [0, 0.05) is 13.2 Å². The predicted molar refractivity (Wildman–Crippen MR) is 124 cm³/mol. The Balaban J connectivity index is 2.51. The lowest BCUT2D eigenvalue weighted by molar-refractivity contribution is -0.0531. The van der Waals surface area contributed by atoms with Crippen LogP contribution in [-0.4, -0.2) is 29.6 Å². The van der Waals surface area contributed by atoms with Gasteiger partial charge in [-0.1, -0.05) is 90.3 Å². The monoisotopic (exact) mass is 444 g/mol. The highest BCUT2D eigenvalue weighted by atomic mass is 79.9. The van der Waals surface area contributed by atoms with Crippen LogP contribution < -0.4 is 0 Å². The Kier molecular flexibility index (Phi) is 8.87. The number of benzene rings is 1. The van der Waals surface area contributed by atoms with Crippen molar-refractivity contribution in [2.75, 3.05) is 7.11 Å². The van der Waals surface area contributed by atoms with Crippen molar-refractivity contribution in [3.8, 4) is 0 Å². The van der Waals surface area contributed by atoms with E-state index < -0.39 is 0 Å². The first kappa shape index (κ1) is 22.8. The molecule has 152 valence electrons. The molecule has 0 fully saturated rings. The molecule has 4 heteroatoms. The summed E-state index contributed by atoms with van der Waals surface area (Å²) in [7, 11) is 1.78. The fourth-order valence-corrected chi connectivity index (χ4v) is 4.04. The van der Waals surface area contributed by atoms with Crippen molar-refractivity contribution in [2.45, 2.75) is 64.9 Å². The van der Waals surface area contributed by atoms with E-state index in [9.17, 15) is 0 Å². The summed E-state index contributed by atoms with van der Waals surface area (Å²) in [5, 5.41) is 0. The summed E-state index contributed by atoms with van der Waals surface area (Å²) in [6.45, 7) is 8.63. The Morgan fingerprint density at radius 2 is 2.04 bits per heavy atom. The minimum absolute atomic E-state index is 0.191. The Morgan fingerprint density at radius 3 is 2.61 bits per heavy atom. The zero-order chi connectivity index (χ0) is 20.6. The van der Waals surface area contributed by atoms with Gasteiger partial charge in [0.05, 0.1) is 5.71 Å². The van der Waals surface area contributed by atoms with Crippen LogP contribution in [0.4, 0.5) is 0 Å². The molecule has 2 atom stereocenters. The summed E-state index contributed by atoms with van der Waals surface area (Å²) < 4.78 is 6.05. The van der Waals surface area contributed by atoms with E-state index in [-0.39, 0.29) is 17.9 Å². The number of ether oxygens (including phenoxy) is 1. The number of nitrogens with zero attached hydrogens (tertiary/aromatic N) is 2. The molecule has 0 spiro atoms. The van der Waals surface area contributed by atoms with Gasteiger partial charge in [-0.15, -0.1) is 0 Å². The molecular formula is C24H33BrN2O. The van der Waals surface area contributed by atoms with Gasteiger partial charge in [-0.05, 0) is 43.3 Å². The SMILES string of the molecule is C\C=C/C(=C\C=C\Br)C1=NC(C)(C)N(C(CCCC)c2ccccc2)C1OC. The lowest BCUT2D eigenvalue weighted by Gasteiger charge is -2.40. The fourth-order valence-electron chi connectivity index (χ4n) is 3.89. The average molecular weight is 445 g/mol. The maximum absolute atomic E-state index is 6.05. The van der Waals surface area contributed by atoms with Crippen LogP contribution in [0, 0.1) is 0 Å². The van der Waals surface area contributed by atoms with Crippen molar-refractivity contribution < 1.29 is 4.74 Å². The van der Waals surface area contributed by atoms with Crippen molar-refractivity contribution in [3.63, 3.8) is 0 Å². The lowest BCUT2D eigenvalue weighted by atomic mass is 9.96.